The van der Waals surface area contributed by atoms with Gasteiger partial charge in [-0.15, -0.1) is 0 Å². The van der Waals surface area contributed by atoms with Crippen molar-refractivity contribution in [2.45, 2.75) is 49.4 Å². The molecule has 0 radical (unpaired) electrons. The van der Waals surface area contributed by atoms with Crippen LogP contribution in [-0.2, 0) is 19.3 Å². The Morgan fingerprint density at radius 3 is 2.73 bits per heavy atom. The number of anilines is 1. The van der Waals surface area contributed by atoms with Crippen molar-refractivity contribution in [2.75, 3.05) is 24.2 Å². The topological polar surface area (TPSA) is 64.6 Å². The molecule has 1 atom stereocenters. The van der Waals surface area contributed by atoms with Gasteiger partial charge < -0.3 is 14.8 Å². The van der Waals surface area contributed by atoms with Gasteiger partial charge >= 0.3 is 0 Å². The highest BCUT2D eigenvalue weighted by atomic mass is 32.2. The molecule has 5 nitrogen and oxygen atoms in total. The number of benzene rings is 1. The van der Waals surface area contributed by atoms with E-state index < -0.39 is 9.84 Å². The molecule has 2 fully saturated rings. The Balaban J connectivity index is 1.65. The highest BCUT2D eigenvalue weighted by Crippen LogP contribution is 2.39. The van der Waals surface area contributed by atoms with Crippen LogP contribution in [0.2, 0.25) is 0 Å². The summed E-state index contributed by atoms with van der Waals surface area (Å²) < 4.78 is 36.1. The first-order chi connectivity index (χ1) is 10.5. The van der Waals surface area contributed by atoms with Crippen LogP contribution in [0.25, 0.3) is 0 Å². The highest BCUT2D eigenvalue weighted by molar-refractivity contribution is 7.91. The van der Waals surface area contributed by atoms with Crippen LogP contribution in [0.1, 0.15) is 32.6 Å². The van der Waals surface area contributed by atoms with Crippen molar-refractivity contribution in [1.82, 2.24) is 0 Å². The van der Waals surface area contributed by atoms with Gasteiger partial charge in [0.25, 0.3) is 0 Å². The van der Waals surface area contributed by atoms with Crippen molar-refractivity contribution >= 4 is 15.5 Å². The Morgan fingerprint density at radius 1 is 1.27 bits per heavy atom. The molecule has 0 aromatic heterocycles. The van der Waals surface area contributed by atoms with Crippen LogP contribution in [-0.4, -0.2) is 39.2 Å². The minimum absolute atomic E-state index is 0.0320. The monoisotopic (exact) mass is 325 g/mol. The number of hydrogen-bond donors (Lipinski definition) is 1. The van der Waals surface area contributed by atoms with Crippen LogP contribution in [0.5, 0.6) is 0 Å². The SMILES string of the molecule is CCS(=O)(=O)c1ccccc1NCC1COC2(CCCC2)O1. The Bertz CT molecular complexity index is 623. The van der Waals surface area contributed by atoms with E-state index in [1.165, 1.54) is 0 Å². The fourth-order valence-corrected chi connectivity index (χ4v) is 4.23. The zero-order valence-electron chi connectivity index (χ0n) is 12.9. The van der Waals surface area contributed by atoms with Crippen LogP contribution in [0.15, 0.2) is 29.2 Å². The largest absolute Gasteiger partial charge is 0.381 e. The summed E-state index contributed by atoms with van der Waals surface area (Å²) in [6, 6.07) is 7.02. The van der Waals surface area contributed by atoms with Gasteiger partial charge in [-0.3, -0.25) is 0 Å². The van der Waals surface area contributed by atoms with Crippen LogP contribution in [0.4, 0.5) is 5.69 Å². The van der Waals surface area contributed by atoms with Gasteiger partial charge in [0.15, 0.2) is 15.6 Å². The zero-order valence-corrected chi connectivity index (χ0v) is 13.7. The molecule has 1 heterocycles. The van der Waals surface area contributed by atoms with Crippen LogP contribution >= 0.6 is 0 Å². The second-order valence-electron chi connectivity index (χ2n) is 5.95. The molecule has 1 aromatic carbocycles. The van der Waals surface area contributed by atoms with E-state index >= 15 is 0 Å². The average Bonchev–Trinajstić information content (AvgIpc) is 3.16. The number of rotatable bonds is 5. The van der Waals surface area contributed by atoms with Crippen LogP contribution in [0, 0.1) is 0 Å². The van der Waals surface area contributed by atoms with Gasteiger partial charge in [-0.05, 0) is 25.0 Å². The summed E-state index contributed by atoms with van der Waals surface area (Å²) in [6.45, 7) is 2.78. The minimum atomic E-state index is -3.23. The van der Waals surface area contributed by atoms with E-state index in [-0.39, 0.29) is 17.6 Å². The van der Waals surface area contributed by atoms with Gasteiger partial charge in [-0.25, -0.2) is 8.42 Å². The predicted molar refractivity (Wildman–Crippen MR) is 84.7 cm³/mol. The van der Waals surface area contributed by atoms with E-state index in [0.717, 1.165) is 25.7 Å². The predicted octanol–water partition coefficient (Wildman–Crippen LogP) is 2.58. The van der Waals surface area contributed by atoms with Gasteiger partial charge in [-0.2, -0.15) is 0 Å². The molecule has 1 aromatic rings. The second kappa shape index (κ2) is 6.18. The van der Waals surface area contributed by atoms with Crippen molar-refractivity contribution in [3.05, 3.63) is 24.3 Å². The molecular formula is C16H23NO4S. The lowest BCUT2D eigenvalue weighted by Crippen LogP contribution is -2.29. The van der Waals surface area contributed by atoms with Gasteiger partial charge in [0, 0.05) is 19.4 Å². The summed E-state index contributed by atoms with van der Waals surface area (Å²) in [5, 5.41) is 3.22. The molecule has 0 bridgehead atoms. The lowest BCUT2D eigenvalue weighted by Gasteiger charge is -2.22. The van der Waals surface area contributed by atoms with Gasteiger partial charge in [-0.1, -0.05) is 19.1 Å². The first-order valence-electron chi connectivity index (χ1n) is 7.92. The van der Waals surface area contributed by atoms with E-state index in [2.05, 4.69) is 5.32 Å². The fourth-order valence-electron chi connectivity index (χ4n) is 3.16. The summed E-state index contributed by atoms with van der Waals surface area (Å²) in [6.07, 6.45) is 4.19. The first-order valence-corrected chi connectivity index (χ1v) is 9.57. The molecule has 1 saturated carbocycles. The molecule has 1 N–H and O–H groups in total. The molecular weight excluding hydrogens is 302 g/mol. The van der Waals surface area contributed by atoms with Crippen molar-refractivity contribution in [2.24, 2.45) is 0 Å². The van der Waals surface area contributed by atoms with Crippen LogP contribution < -0.4 is 5.32 Å². The molecule has 3 rings (SSSR count). The van der Waals surface area contributed by atoms with E-state index in [9.17, 15) is 8.42 Å². The Hall–Kier alpha value is -1.11. The quantitative estimate of drug-likeness (QED) is 0.901. The number of ether oxygens (including phenoxy) is 2. The molecule has 2 aliphatic rings. The second-order valence-corrected chi connectivity index (χ2v) is 8.20. The molecule has 22 heavy (non-hydrogen) atoms. The Morgan fingerprint density at radius 2 is 2.00 bits per heavy atom. The third-order valence-corrected chi connectivity index (χ3v) is 6.19. The van der Waals surface area contributed by atoms with Gasteiger partial charge in [0.05, 0.1) is 22.9 Å². The van der Waals surface area contributed by atoms with E-state index in [1.807, 2.05) is 6.07 Å². The molecule has 122 valence electrons. The maximum absolute atomic E-state index is 12.1. The number of hydrogen-bond acceptors (Lipinski definition) is 5. The molecule has 1 aliphatic heterocycles. The normalized spacial score (nSPS) is 24.0. The molecule has 6 heteroatoms. The molecule has 1 saturated heterocycles. The zero-order chi connectivity index (χ0) is 15.6. The lowest BCUT2D eigenvalue weighted by molar-refractivity contribution is -0.160. The third kappa shape index (κ3) is 3.14. The van der Waals surface area contributed by atoms with Gasteiger partial charge in [0.1, 0.15) is 6.10 Å². The van der Waals surface area contributed by atoms with Gasteiger partial charge in [0.2, 0.25) is 0 Å². The number of para-hydroxylation sites is 1. The van der Waals surface area contributed by atoms with Crippen LogP contribution in [0.3, 0.4) is 0 Å². The Labute approximate surface area is 131 Å². The maximum atomic E-state index is 12.1. The average molecular weight is 325 g/mol. The van der Waals surface area contributed by atoms with E-state index in [1.54, 1.807) is 25.1 Å². The summed E-state index contributed by atoms with van der Waals surface area (Å²) in [5.74, 6) is -0.279. The van der Waals surface area contributed by atoms with Crippen molar-refractivity contribution in [3.8, 4) is 0 Å². The molecule has 0 amide bonds. The highest BCUT2D eigenvalue weighted by Gasteiger charge is 2.43. The maximum Gasteiger partial charge on any atom is 0.180 e. The summed E-state index contributed by atoms with van der Waals surface area (Å²) in [7, 11) is -3.23. The molecule has 1 aliphatic carbocycles. The first kappa shape index (κ1) is 15.8. The van der Waals surface area contributed by atoms with Crippen molar-refractivity contribution < 1.29 is 17.9 Å². The van der Waals surface area contributed by atoms with E-state index in [0.29, 0.717) is 23.7 Å². The van der Waals surface area contributed by atoms with Crippen molar-refractivity contribution in [3.63, 3.8) is 0 Å². The number of sulfone groups is 1. The lowest BCUT2D eigenvalue weighted by atomic mass is 10.2. The minimum Gasteiger partial charge on any atom is -0.381 e. The molecule has 1 unspecified atom stereocenters. The summed E-state index contributed by atoms with van der Waals surface area (Å²) in [5.41, 5.74) is 0.639. The van der Waals surface area contributed by atoms with Crippen molar-refractivity contribution in [1.29, 1.82) is 0 Å². The fraction of sp³-hybridized carbons (Fsp3) is 0.625. The molecule has 1 spiro atoms. The smallest absolute Gasteiger partial charge is 0.180 e. The number of nitrogens with one attached hydrogen (secondary N) is 1. The summed E-state index contributed by atoms with van der Waals surface area (Å²) in [4.78, 5) is 0.354. The van der Waals surface area contributed by atoms with E-state index in [4.69, 9.17) is 9.47 Å². The summed E-state index contributed by atoms with van der Waals surface area (Å²) >= 11 is 0. The third-order valence-electron chi connectivity index (χ3n) is 4.40. The Kier molecular flexibility index (Phi) is 4.43. The standard InChI is InChI=1S/C16H23NO4S/c1-2-22(18,19)15-8-4-3-7-14(15)17-11-13-12-20-16(21-13)9-5-6-10-16/h3-4,7-8,13,17H,2,5-6,9-12H2,1H3.